The van der Waals surface area contributed by atoms with Gasteiger partial charge in [0.2, 0.25) is 0 Å². The van der Waals surface area contributed by atoms with Crippen LogP contribution in [0.3, 0.4) is 0 Å². The topological polar surface area (TPSA) is 89.4 Å². The van der Waals surface area contributed by atoms with Gasteiger partial charge in [-0.2, -0.15) is 0 Å². The van der Waals surface area contributed by atoms with E-state index >= 15 is 0 Å². The maximum Gasteiger partial charge on any atom is 0.152 e. The Hall–Kier alpha value is -1.03. The number of hydrogen-bond donors (Lipinski definition) is 1. The van der Waals surface area contributed by atoms with Crippen molar-refractivity contribution < 1.29 is 13.2 Å². The predicted octanol–water partition coefficient (Wildman–Crippen LogP) is 1.67. The lowest BCUT2D eigenvalue weighted by Gasteiger charge is -2.26. The standard InChI is InChI=1S/C17H33N5O3S.C2H6/c1-15(5-7-18-4)25-10-6-17(2,3)22-14-16(19-20-22)13-21-8-11-26(23,24)12-9-21;1-2/h14-15,18H,5-13H2,1-4H3;1-2H3. The lowest BCUT2D eigenvalue weighted by Crippen LogP contribution is -2.39. The highest BCUT2D eigenvalue weighted by atomic mass is 32.2. The molecule has 1 saturated heterocycles. The molecule has 1 fully saturated rings. The summed E-state index contributed by atoms with van der Waals surface area (Å²) in [6.07, 6.45) is 4.05. The molecule has 164 valence electrons. The summed E-state index contributed by atoms with van der Waals surface area (Å²) in [5.74, 6) is 0.464. The Balaban J connectivity index is 0.00000190. The van der Waals surface area contributed by atoms with Crippen LogP contribution in [0.25, 0.3) is 0 Å². The van der Waals surface area contributed by atoms with Gasteiger partial charge in [0.25, 0.3) is 0 Å². The molecule has 9 heteroatoms. The van der Waals surface area contributed by atoms with E-state index in [2.05, 4.69) is 41.3 Å². The third kappa shape index (κ3) is 8.55. The molecule has 0 radical (unpaired) electrons. The molecule has 1 unspecified atom stereocenters. The van der Waals surface area contributed by atoms with Crippen LogP contribution in [0.1, 0.15) is 53.2 Å². The summed E-state index contributed by atoms with van der Waals surface area (Å²) in [5, 5.41) is 11.7. The van der Waals surface area contributed by atoms with Gasteiger partial charge in [-0.05, 0) is 47.2 Å². The second-order valence-corrected chi connectivity index (χ2v) is 10.0. The summed E-state index contributed by atoms with van der Waals surface area (Å²) in [7, 11) is -0.905. The van der Waals surface area contributed by atoms with Gasteiger partial charge in [-0.1, -0.05) is 19.1 Å². The summed E-state index contributed by atoms with van der Waals surface area (Å²) < 4.78 is 30.8. The van der Waals surface area contributed by atoms with Crippen molar-refractivity contribution in [2.45, 2.75) is 65.6 Å². The SMILES string of the molecule is CC.CNCCC(C)OCCC(C)(C)n1cc(CN2CCS(=O)(=O)CC2)nn1. The average Bonchev–Trinajstić information content (AvgIpc) is 3.13. The molecule has 2 rings (SSSR count). The van der Waals surface area contributed by atoms with E-state index in [1.165, 1.54) is 0 Å². The van der Waals surface area contributed by atoms with Crippen LogP contribution in [0.4, 0.5) is 0 Å². The number of aromatic nitrogens is 3. The Labute approximate surface area is 170 Å². The first-order valence-corrected chi connectivity index (χ1v) is 12.1. The Bertz CT molecular complexity index is 646. The van der Waals surface area contributed by atoms with Crippen molar-refractivity contribution in [1.82, 2.24) is 25.2 Å². The van der Waals surface area contributed by atoms with Crippen molar-refractivity contribution >= 4 is 9.84 Å². The number of rotatable bonds is 10. The first kappa shape index (κ1) is 25.0. The molecule has 1 atom stereocenters. The van der Waals surface area contributed by atoms with Crippen LogP contribution in [0, 0.1) is 0 Å². The molecule has 1 N–H and O–H groups in total. The fourth-order valence-corrected chi connectivity index (χ4v) is 4.14. The molecule has 1 aromatic rings. The van der Waals surface area contributed by atoms with Gasteiger partial charge in [0.15, 0.2) is 9.84 Å². The number of nitrogens with zero attached hydrogens (tertiary/aromatic N) is 4. The average molecular weight is 418 g/mol. The van der Waals surface area contributed by atoms with Crippen molar-refractivity contribution in [2.24, 2.45) is 0 Å². The zero-order valence-electron chi connectivity index (χ0n) is 18.4. The van der Waals surface area contributed by atoms with Gasteiger partial charge in [-0.25, -0.2) is 13.1 Å². The maximum absolute atomic E-state index is 11.5. The predicted molar refractivity (Wildman–Crippen MR) is 113 cm³/mol. The minimum absolute atomic E-state index is 0.181. The minimum atomic E-state index is -2.85. The van der Waals surface area contributed by atoms with E-state index in [9.17, 15) is 8.42 Å². The van der Waals surface area contributed by atoms with Crippen LogP contribution in [0.15, 0.2) is 6.20 Å². The first-order chi connectivity index (χ1) is 13.2. The molecule has 1 aliphatic rings. The van der Waals surface area contributed by atoms with Crippen LogP contribution in [0.2, 0.25) is 0 Å². The molecule has 1 aliphatic heterocycles. The minimum Gasteiger partial charge on any atom is -0.378 e. The molecule has 28 heavy (non-hydrogen) atoms. The molecule has 0 bridgehead atoms. The number of ether oxygens (including phenoxy) is 1. The summed E-state index contributed by atoms with van der Waals surface area (Å²) in [6.45, 7) is 13.8. The Kier molecular flexibility index (Phi) is 10.6. The van der Waals surface area contributed by atoms with Gasteiger partial charge in [0.05, 0.1) is 35.0 Å². The molecule has 0 aliphatic carbocycles. The fraction of sp³-hybridized carbons (Fsp3) is 0.895. The van der Waals surface area contributed by atoms with Crippen molar-refractivity contribution in [3.63, 3.8) is 0 Å². The second kappa shape index (κ2) is 11.8. The maximum atomic E-state index is 11.5. The van der Waals surface area contributed by atoms with Gasteiger partial charge >= 0.3 is 0 Å². The lowest BCUT2D eigenvalue weighted by molar-refractivity contribution is 0.0417. The van der Waals surface area contributed by atoms with Crippen molar-refractivity contribution in [1.29, 1.82) is 0 Å². The molecular formula is C19H39N5O3S. The lowest BCUT2D eigenvalue weighted by atomic mass is 10.0. The quantitative estimate of drug-likeness (QED) is 0.619. The molecule has 8 nitrogen and oxygen atoms in total. The monoisotopic (exact) mass is 417 g/mol. The van der Waals surface area contributed by atoms with E-state index in [0.717, 1.165) is 25.1 Å². The smallest absolute Gasteiger partial charge is 0.152 e. The second-order valence-electron chi connectivity index (χ2n) is 7.72. The molecule has 0 spiro atoms. The molecule has 0 aromatic carbocycles. The Morgan fingerprint density at radius 1 is 1.29 bits per heavy atom. The molecule has 0 saturated carbocycles. The van der Waals surface area contributed by atoms with Crippen LogP contribution in [-0.4, -0.2) is 79.2 Å². The highest BCUT2D eigenvalue weighted by molar-refractivity contribution is 7.91. The Morgan fingerprint density at radius 3 is 2.54 bits per heavy atom. The first-order valence-electron chi connectivity index (χ1n) is 10.3. The van der Waals surface area contributed by atoms with Crippen LogP contribution >= 0.6 is 0 Å². The van der Waals surface area contributed by atoms with Crippen LogP contribution in [-0.2, 0) is 26.7 Å². The van der Waals surface area contributed by atoms with E-state index in [1.807, 2.05) is 31.8 Å². The van der Waals surface area contributed by atoms with Crippen molar-refractivity contribution in [3.8, 4) is 0 Å². The van der Waals surface area contributed by atoms with E-state index in [-0.39, 0.29) is 23.1 Å². The zero-order chi connectivity index (χ0) is 21.2. The van der Waals surface area contributed by atoms with Gasteiger partial charge in [-0.15, -0.1) is 5.10 Å². The fourth-order valence-electron chi connectivity index (χ4n) is 2.86. The van der Waals surface area contributed by atoms with Crippen molar-refractivity contribution in [3.05, 3.63) is 11.9 Å². The third-order valence-electron chi connectivity index (χ3n) is 4.90. The highest BCUT2D eigenvalue weighted by Gasteiger charge is 2.25. The van der Waals surface area contributed by atoms with Crippen molar-refractivity contribution in [2.75, 3.05) is 44.8 Å². The third-order valence-corrected chi connectivity index (χ3v) is 6.51. The van der Waals surface area contributed by atoms with Gasteiger partial charge < -0.3 is 10.1 Å². The number of sulfone groups is 1. The highest BCUT2D eigenvalue weighted by Crippen LogP contribution is 2.20. The van der Waals surface area contributed by atoms with E-state index in [4.69, 9.17) is 4.74 Å². The number of hydrogen-bond acceptors (Lipinski definition) is 7. The summed E-state index contributed by atoms with van der Waals surface area (Å²) in [6, 6.07) is 0. The number of nitrogens with one attached hydrogen (secondary N) is 1. The summed E-state index contributed by atoms with van der Waals surface area (Å²) in [5.41, 5.74) is 0.694. The summed E-state index contributed by atoms with van der Waals surface area (Å²) >= 11 is 0. The van der Waals surface area contributed by atoms with E-state index < -0.39 is 9.84 Å². The Morgan fingerprint density at radius 2 is 1.93 bits per heavy atom. The molecular weight excluding hydrogens is 378 g/mol. The van der Waals surface area contributed by atoms with Gasteiger partial charge in [0.1, 0.15) is 0 Å². The van der Waals surface area contributed by atoms with Gasteiger partial charge in [-0.3, -0.25) is 4.90 Å². The molecule has 1 aromatic heterocycles. The van der Waals surface area contributed by atoms with E-state index in [1.54, 1.807) is 0 Å². The summed E-state index contributed by atoms with van der Waals surface area (Å²) in [4.78, 5) is 2.12. The van der Waals surface area contributed by atoms with Crippen LogP contribution in [0.5, 0.6) is 0 Å². The molecule has 0 amide bonds. The van der Waals surface area contributed by atoms with Crippen LogP contribution < -0.4 is 5.32 Å². The zero-order valence-corrected chi connectivity index (χ0v) is 19.3. The van der Waals surface area contributed by atoms with E-state index in [0.29, 0.717) is 26.2 Å². The normalized spacial score (nSPS) is 18.4. The largest absolute Gasteiger partial charge is 0.378 e. The van der Waals surface area contributed by atoms with Gasteiger partial charge in [0, 0.05) is 26.2 Å². The molecule has 2 heterocycles.